The number of alkyl halides is 1. The van der Waals surface area contributed by atoms with Crippen molar-refractivity contribution in [3.8, 4) is 11.5 Å². The van der Waals surface area contributed by atoms with Crippen LogP contribution in [0.2, 0.25) is 0 Å². The van der Waals surface area contributed by atoms with Crippen molar-refractivity contribution in [2.45, 2.75) is 0 Å². The van der Waals surface area contributed by atoms with Crippen LogP contribution in [0.5, 0.6) is 11.5 Å². The highest BCUT2D eigenvalue weighted by Crippen LogP contribution is 2.32. The Labute approximate surface area is 89.2 Å². The van der Waals surface area contributed by atoms with Crippen molar-refractivity contribution < 1.29 is 14.3 Å². The summed E-state index contributed by atoms with van der Waals surface area (Å²) in [7, 11) is 0. The third kappa shape index (κ3) is 1.63. The zero-order chi connectivity index (χ0) is 9.26. The zero-order valence-corrected chi connectivity index (χ0v) is 8.91. The van der Waals surface area contributed by atoms with E-state index in [1.54, 1.807) is 18.2 Å². The maximum atomic E-state index is 11.3. The molecule has 3 nitrogen and oxygen atoms in total. The second kappa shape index (κ2) is 3.53. The van der Waals surface area contributed by atoms with Crippen LogP contribution in [0.15, 0.2) is 18.2 Å². The van der Waals surface area contributed by atoms with Gasteiger partial charge < -0.3 is 9.47 Å². The van der Waals surface area contributed by atoms with E-state index in [0.29, 0.717) is 21.5 Å². The quantitative estimate of drug-likeness (QED) is 0.475. The molecule has 1 aliphatic rings. The topological polar surface area (TPSA) is 35.5 Å². The van der Waals surface area contributed by atoms with E-state index in [1.807, 2.05) is 22.6 Å². The van der Waals surface area contributed by atoms with Crippen molar-refractivity contribution in [2.75, 3.05) is 11.2 Å². The van der Waals surface area contributed by atoms with Crippen LogP contribution in [0.3, 0.4) is 0 Å². The summed E-state index contributed by atoms with van der Waals surface area (Å²) >= 11 is 2.04. The number of ketones is 1. The molecule has 2 rings (SSSR count). The number of carbonyl (C=O) groups excluding carboxylic acids is 1. The van der Waals surface area contributed by atoms with Crippen molar-refractivity contribution >= 4 is 28.4 Å². The fraction of sp³-hybridized carbons (Fsp3) is 0.222. The van der Waals surface area contributed by atoms with E-state index in [9.17, 15) is 4.79 Å². The predicted molar refractivity (Wildman–Crippen MR) is 55.8 cm³/mol. The molecule has 0 N–H and O–H groups in total. The number of Topliss-reactive ketones (excluding diaryl/α,β-unsaturated/α-hetero) is 1. The van der Waals surface area contributed by atoms with Crippen LogP contribution in [0.4, 0.5) is 0 Å². The summed E-state index contributed by atoms with van der Waals surface area (Å²) in [5, 5.41) is 0. The molecule has 0 unspecified atom stereocenters. The van der Waals surface area contributed by atoms with Crippen LogP contribution in [0.1, 0.15) is 10.4 Å². The van der Waals surface area contributed by atoms with E-state index in [-0.39, 0.29) is 12.6 Å². The highest BCUT2D eigenvalue weighted by Gasteiger charge is 2.15. The Hall–Kier alpha value is -0.780. The lowest BCUT2D eigenvalue weighted by molar-refractivity contribution is 0.102. The molecule has 0 bridgehead atoms. The number of hydrogen-bond acceptors (Lipinski definition) is 3. The summed E-state index contributed by atoms with van der Waals surface area (Å²) in [6.07, 6.45) is 0. The van der Waals surface area contributed by atoms with Crippen molar-refractivity contribution in [1.82, 2.24) is 0 Å². The number of hydrogen-bond donors (Lipinski definition) is 0. The highest BCUT2D eigenvalue weighted by atomic mass is 127. The average molecular weight is 290 g/mol. The van der Waals surface area contributed by atoms with Crippen LogP contribution in [0.25, 0.3) is 0 Å². The van der Waals surface area contributed by atoms with E-state index in [2.05, 4.69) is 0 Å². The summed E-state index contributed by atoms with van der Waals surface area (Å²) in [5.41, 5.74) is 0.679. The first kappa shape index (κ1) is 8.80. The number of fused-ring (bicyclic) bond motifs is 1. The lowest BCUT2D eigenvalue weighted by Crippen LogP contribution is -1.99. The van der Waals surface area contributed by atoms with Gasteiger partial charge in [0.25, 0.3) is 0 Å². The lowest BCUT2D eigenvalue weighted by atomic mass is 10.1. The molecule has 0 saturated carbocycles. The number of rotatable bonds is 2. The number of carbonyl (C=O) groups is 1. The molecule has 1 aliphatic heterocycles. The highest BCUT2D eigenvalue weighted by molar-refractivity contribution is 14.1. The number of ether oxygens (including phenoxy) is 2. The predicted octanol–water partition coefficient (Wildman–Crippen LogP) is 2.03. The molecule has 0 spiro atoms. The molecular formula is C9H7IO3. The Morgan fingerprint density at radius 3 is 2.92 bits per heavy atom. The molecular weight excluding hydrogens is 283 g/mol. The van der Waals surface area contributed by atoms with Gasteiger partial charge in [-0.2, -0.15) is 0 Å². The molecule has 13 heavy (non-hydrogen) atoms. The monoisotopic (exact) mass is 290 g/mol. The standard InChI is InChI=1S/C9H7IO3/c10-4-7(11)6-1-2-8-9(3-6)13-5-12-8/h1-3H,4-5H2. The van der Waals surface area contributed by atoms with E-state index in [4.69, 9.17) is 9.47 Å². The minimum atomic E-state index is 0.110. The van der Waals surface area contributed by atoms with Crippen molar-refractivity contribution in [3.63, 3.8) is 0 Å². The Balaban J connectivity index is 2.36. The van der Waals surface area contributed by atoms with Crippen LogP contribution in [-0.2, 0) is 0 Å². The van der Waals surface area contributed by atoms with Gasteiger partial charge in [0, 0.05) is 5.56 Å². The van der Waals surface area contributed by atoms with Gasteiger partial charge in [0.05, 0.1) is 4.43 Å². The first-order valence-electron chi connectivity index (χ1n) is 3.80. The van der Waals surface area contributed by atoms with E-state index in [1.165, 1.54) is 0 Å². The van der Waals surface area contributed by atoms with Gasteiger partial charge in [-0.15, -0.1) is 0 Å². The Kier molecular flexibility index (Phi) is 2.39. The summed E-state index contributed by atoms with van der Waals surface area (Å²) in [6.45, 7) is 0.247. The van der Waals surface area contributed by atoms with Gasteiger partial charge in [-0.1, -0.05) is 22.6 Å². The molecule has 0 radical (unpaired) electrons. The second-order valence-corrected chi connectivity index (χ2v) is 3.39. The van der Waals surface area contributed by atoms with Gasteiger partial charge in [0.2, 0.25) is 6.79 Å². The molecule has 1 aromatic carbocycles. The van der Waals surface area contributed by atoms with Crippen LogP contribution in [0, 0.1) is 0 Å². The minimum absolute atomic E-state index is 0.110. The normalized spacial score (nSPS) is 13.0. The average Bonchev–Trinajstić information content (AvgIpc) is 2.63. The first-order chi connectivity index (χ1) is 6.31. The molecule has 0 aliphatic carbocycles. The molecule has 0 amide bonds. The maximum Gasteiger partial charge on any atom is 0.231 e. The molecule has 1 aromatic rings. The van der Waals surface area contributed by atoms with Gasteiger partial charge in [0.1, 0.15) is 0 Å². The first-order valence-corrected chi connectivity index (χ1v) is 5.32. The summed E-state index contributed by atoms with van der Waals surface area (Å²) in [6, 6.07) is 5.25. The number of halogens is 1. The van der Waals surface area contributed by atoms with E-state index < -0.39 is 0 Å². The molecule has 0 fully saturated rings. The Morgan fingerprint density at radius 2 is 2.15 bits per heavy atom. The fourth-order valence-electron chi connectivity index (χ4n) is 1.15. The Bertz CT molecular complexity index is 349. The molecule has 0 saturated heterocycles. The smallest absolute Gasteiger partial charge is 0.231 e. The lowest BCUT2D eigenvalue weighted by Gasteiger charge is -1.98. The van der Waals surface area contributed by atoms with Crippen LogP contribution < -0.4 is 9.47 Å². The van der Waals surface area contributed by atoms with E-state index >= 15 is 0 Å². The molecule has 0 atom stereocenters. The second-order valence-electron chi connectivity index (χ2n) is 2.62. The van der Waals surface area contributed by atoms with Gasteiger partial charge in [-0.25, -0.2) is 0 Å². The Morgan fingerprint density at radius 1 is 1.38 bits per heavy atom. The molecule has 68 valence electrons. The summed E-state index contributed by atoms with van der Waals surface area (Å²) < 4.78 is 10.8. The van der Waals surface area contributed by atoms with E-state index in [0.717, 1.165) is 0 Å². The van der Waals surface area contributed by atoms with Crippen LogP contribution in [-0.4, -0.2) is 17.0 Å². The van der Waals surface area contributed by atoms with Gasteiger partial charge in [0.15, 0.2) is 17.3 Å². The SMILES string of the molecule is O=C(CI)c1ccc2c(c1)OCO2. The van der Waals surface area contributed by atoms with Gasteiger partial charge in [-0.05, 0) is 18.2 Å². The zero-order valence-electron chi connectivity index (χ0n) is 6.75. The van der Waals surface area contributed by atoms with Crippen LogP contribution >= 0.6 is 22.6 Å². The minimum Gasteiger partial charge on any atom is -0.454 e. The largest absolute Gasteiger partial charge is 0.454 e. The maximum absolute atomic E-state index is 11.3. The molecule has 1 heterocycles. The van der Waals surface area contributed by atoms with Crippen molar-refractivity contribution in [3.05, 3.63) is 23.8 Å². The fourth-order valence-corrected chi connectivity index (χ4v) is 1.59. The molecule has 4 heteroatoms. The van der Waals surface area contributed by atoms with Crippen molar-refractivity contribution in [2.24, 2.45) is 0 Å². The third-order valence-electron chi connectivity index (χ3n) is 1.82. The van der Waals surface area contributed by atoms with Crippen molar-refractivity contribution in [1.29, 1.82) is 0 Å². The van der Waals surface area contributed by atoms with Gasteiger partial charge >= 0.3 is 0 Å². The molecule has 0 aromatic heterocycles. The summed E-state index contributed by atoms with van der Waals surface area (Å²) in [5.74, 6) is 1.49. The number of benzene rings is 1. The van der Waals surface area contributed by atoms with Gasteiger partial charge in [-0.3, -0.25) is 4.79 Å². The third-order valence-corrected chi connectivity index (χ3v) is 2.51. The summed E-state index contributed by atoms with van der Waals surface area (Å²) in [4.78, 5) is 11.3.